The molecule has 1 amide bonds. The maximum absolute atomic E-state index is 10.9. The van der Waals surface area contributed by atoms with Crippen molar-refractivity contribution in [2.45, 2.75) is 70.7 Å². The van der Waals surface area contributed by atoms with Crippen molar-refractivity contribution in [2.24, 2.45) is 5.84 Å². The SMILES string of the molecule is CC1CC(OCCCCCC(=O)NN)CC(C)O1. The topological polar surface area (TPSA) is 73.6 Å². The Balaban J connectivity index is 1.99. The monoisotopic (exact) mass is 258 g/mol. The Kier molecular flexibility index (Phi) is 7.23. The number of amides is 1. The van der Waals surface area contributed by atoms with Gasteiger partial charge in [-0.2, -0.15) is 0 Å². The van der Waals surface area contributed by atoms with E-state index in [4.69, 9.17) is 15.3 Å². The van der Waals surface area contributed by atoms with Crippen LogP contribution in [-0.2, 0) is 14.3 Å². The Bertz CT molecular complexity index is 238. The van der Waals surface area contributed by atoms with Gasteiger partial charge in [-0.3, -0.25) is 10.2 Å². The molecular weight excluding hydrogens is 232 g/mol. The van der Waals surface area contributed by atoms with Gasteiger partial charge in [0.05, 0.1) is 18.3 Å². The largest absolute Gasteiger partial charge is 0.378 e. The molecular formula is C13H26N2O3. The lowest BCUT2D eigenvalue weighted by atomic mass is 10.0. The van der Waals surface area contributed by atoms with Crippen molar-refractivity contribution in [1.82, 2.24) is 5.43 Å². The Morgan fingerprint density at radius 2 is 1.94 bits per heavy atom. The minimum Gasteiger partial charge on any atom is -0.378 e. The molecule has 106 valence electrons. The summed E-state index contributed by atoms with van der Waals surface area (Å²) in [6.45, 7) is 4.96. The molecule has 5 heteroatoms. The van der Waals surface area contributed by atoms with Gasteiger partial charge in [0, 0.05) is 13.0 Å². The highest BCUT2D eigenvalue weighted by Crippen LogP contribution is 2.21. The van der Waals surface area contributed by atoms with Crippen LogP contribution in [0.4, 0.5) is 0 Å². The zero-order chi connectivity index (χ0) is 13.4. The molecule has 0 aromatic carbocycles. The van der Waals surface area contributed by atoms with Crippen LogP contribution >= 0.6 is 0 Å². The van der Waals surface area contributed by atoms with Gasteiger partial charge < -0.3 is 9.47 Å². The minimum atomic E-state index is -0.0944. The summed E-state index contributed by atoms with van der Waals surface area (Å²) in [5, 5.41) is 0. The quantitative estimate of drug-likeness (QED) is 0.314. The number of rotatable bonds is 7. The lowest BCUT2D eigenvalue weighted by Crippen LogP contribution is -2.34. The van der Waals surface area contributed by atoms with Gasteiger partial charge in [-0.05, 0) is 39.5 Å². The fourth-order valence-corrected chi connectivity index (χ4v) is 2.37. The molecule has 0 aliphatic carbocycles. The predicted molar refractivity (Wildman–Crippen MR) is 69.8 cm³/mol. The summed E-state index contributed by atoms with van der Waals surface area (Å²) >= 11 is 0. The molecule has 2 unspecified atom stereocenters. The van der Waals surface area contributed by atoms with Crippen LogP contribution in [0.5, 0.6) is 0 Å². The normalized spacial score (nSPS) is 28.1. The zero-order valence-electron chi connectivity index (χ0n) is 11.5. The molecule has 0 spiro atoms. The van der Waals surface area contributed by atoms with E-state index in [9.17, 15) is 4.79 Å². The van der Waals surface area contributed by atoms with Crippen LogP contribution in [0.2, 0.25) is 0 Å². The number of hydrogen-bond donors (Lipinski definition) is 2. The van der Waals surface area contributed by atoms with Crippen LogP contribution in [0.1, 0.15) is 52.4 Å². The average molecular weight is 258 g/mol. The molecule has 2 atom stereocenters. The van der Waals surface area contributed by atoms with Gasteiger partial charge in [-0.15, -0.1) is 0 Å². The van der Waals surface area contributed by atoms with Crippen LogP contribution < -0.4 is 11.3 Å². The molecule has 1 fully saturated rings. The second-order valence-corrected chi connectivity index (χ2v) is 5.10. The summed E-state index contributed by atoms with van der Waals surface area (Å²) in [4.78, 5) is 10.9. The van der Waals surface area contributed by atoms with E-state index in [-0.39, 0.29) is 5.91 Å². The number of carbonyl (C=O) groups is 1. The summed E-state index contributed by atoms with van der Waals surface area (Å²) < 4.78 is 11.5. The number of unbranched alkanes of at least 4 members (excludes halogenated alkanes) is 2. The highest BCUT2D eigenvalue weighted by molar-refractivity contribution is 5.74. The highest BCUT2D eigenvalue weighted by Gasteiger charge is 2.24. The molecule has 0 radical (unpaired) electrons. The summed E-state index contributed by atoms with van der Waals surface area (Å²) in [6.07, 6.45) is 6.27. The maximum Gasteiger partial charge on any atom is 0.233 e. The third-order valence-electron chi connectivity index (χ3n) is 3.22. The summed E-state index contributed by atoms with van der Waals surface area (Å²) in [5.74, 6) is 4.91. The number of carbonyl (C=O) groups excluding carboxylic acids is 1. The maximum atomic E-state index is 10.9. The molecule has 1 rings (SSSR count). The molecule has 0 aromatic rings. The highest BCUT2D eigenvalue weighted by atomic mass is 16.5. The number of nitrogens with one attached hydrogen (secondary N) is 1. The van der Waals surface area contributed by atoms with Crippen molar-refractivity contribution in [1.29, 1.82) is 0 Å². The van der Waals surface area contributed by atoms with Crippen LogP contribution in [0.25, 0.3) is 0 Å². The fraction of sp³-hybridized carbons (Fsp3) is 0.923. The first-order chi connectivity index (χ1) is 8.61. The molecule has 0 bridgehead atoms. The van der Waals surface area contributed by atoms with E-state index in [0.717, 1.165) is 38.7 Å². The molecule has 1 saturated heterocycles. The molecule has 5 nitrogen and oxygen atoms in total. The summed E-state index contributed by atoms with van der Waals surface area (Å²) in [6, 6.07) is 0. The van der Waals surface area contributed by atoms with E-state index < -0.39 is 0 Å². The van der Waals surface area contributed by atoms with Gasteiger partial charge in [0.25, 0.3) is 0 Å². The molecule has 1 aliphatic rings. The lowest BCUT2D eigenvalue weighted by molar-refractivity contribution is -0.121. The van der Waals surface area contributed by atoms with Gasteiger partial charge in [0.1, 0.15) is 0 Å². The molecule has 0 saturated carbocycles. The van der Waals surface area contributed by atoms with Gasteiger partial charge in [0.15, 0.2) is 0 Å². The molecule has 0 aromatic heterocycles. The summed E-state index contributed by atoms with van der Waals surface area (Å²) in [5.41, 5.74) is 2.13. The van der Waals surface area contributed by atoms with E-state index in [1.165, 1.54) is 0 Å². The van der Waals surface area contributed by atoms with E-state index in [0.29, 0.717) is 24.7 Å². The number of hydrazine groups is 1. The van der Waals surface area contributed by atoms with Crippen molar-refractivity contribution < 1.29 is 14.3 Å². The predicted octanol–water partition coefficient (Wildman–Crippen LogP) is 1.51. The second-order valence-electron chi connectivity index (χ2n) is 5.10. The first-order valence-electron chi connectivity index (χ1n) is 6.88. The van der Waals surface area contributed by atoms with Gasteiger partial charge in [0.2, 0.25) is 5.91 Å². The first-order valence-corrected chi connectivity index (χ1v) is 6.88. The van der Waals surface area contributed by atoms with E-state index in [2.05, 4.69) is 19.3 Å². The van der Waals surface area contributed by atoms with Crippen LogP contribution in [-0.4, -0.2) is 30.8 Å². The Labute approximate surface area is 109 Å². The molecule has 1 heterocycles. The molecule has 18 heavy (non-hydrogen) atoms. The number of hydrogen-bond acceptors (Lipinski definition) is 4. The third kappa shape index (κ3) is 6.33. The van der Waals surface area contributed by atoms with Crippen molar-refractivity contribution >= 4 is 5.91 Å². The van der Waals surface area contributed by atoms with Gasteiger partial charge in [-0.1, -0.05) is 6.42 Å². The van der Waals surface area contributed by atoms with Gasteiger partial charge in [-0.25, -0.2) is 5.84 Å². The van der Waals surface area contributed by atoms with Crippen LogP contribution in [0, 0.1) is 0 Å². The van der Waals surface area contributed by atoms with E-state index >= 15 is 0 Å². The first kappa shape index (κ1) is 15.4. The van der Waals surface area contributed by atoms with Crippen molar-refractivity contribution in [3.63, 3.8) is 0 Å². The standard InChI is InChI=1S/C13H26N2O3/c1-10-8-12(9-11(2)18-10)17-7-5-3-4-6-13(16)15-14/h10-12H,3-9,14H2,1-2H3,(H,15,16). The third-order valence-corrected chi connectivity index (χ3v) is 3.22. The number of ether oxygens (including phenoxy) is 2. The molecule has 1 aliphatic heterocycles. The minimum absolute atomic E-state index is 0.0944. The lowest BCUT2D eigenvalue weighted by Gasteiger charge is -2.32. The van der Waals surface area contributed by atoms with Crippen LogP contribution in [0.3, 0.4) is 0 Å². The Morgan fingerprint density at radius 3 is 2.56 bits per heavy atom. The zero-order valence-corrected chi connectivity index (χ0v) is 11.5. The number of nitrogens with two attached hydrogens (primary N) is 1. The van der Waals surface area contributed by atoms with E-state index in [1.54, 1.807) is 0 Å². The van der Waals surface area contributed by atoms with Crippen LogP contribution in [0.15, 0.2) is 0 Å². The summed E-state index contributed by atoms with van der Waals surface area (Å²) in [7, 11) is 0. The van der Waals surface area contributed by atoms with Gasteiger partial charge >= 0.3 is 0 Å². The Hall–Kier alpha value is -0.650. The smallest absolute Gasteiger partial charge is 0.233 e. The molecule has 3 N–H and O–H groups in total. The second kappa shape index (κ2) is 8.45. The van der Waals surface area contributed by atoms with E-state index in [1.807, 2.05) is 0 Å². The van der Waals surface area contributed by atoms with Crippen molar-refractivity contribution in [3.8, 4) is 0 Å². The average Bonchev–Trinajstić information content (AvgIpc) is 2.32. The van der Waals surface area contributed by atoms with Crippen molar-refractivity contribution in [3.05, 3.63) is 0 Å². The van der Waals surface area contributed by atoms with Crippen molar-refractivity contribution in [2.75, 3.05) is 6.61 Å². The fourth-order valence-electron chi connectivity index (χ4n) is 2.37. The Morgan fingerprint density at radius 1 is 1.28 bits per heavy atom.